The Morgan fingerprint density at radius 1 is 0.825 bits per heavy atom. The average Bonchev–Trinajstić information content (AvgIpc) is 3.16. The van der Waals surface area contributed by atoms with E-state index in [1.165, 1.54) is 26.2 Å². The van der Waals surface area contributed by atoms with Crippen LogP contribution in [0.3, 0.4) is 0 Å². The van der Waals surface area contributed by atoms with Crippen LogP contribution < -0.4 is 18.9 Å². The fourth-order valence-electron chi connectivity index (χ4n) is 4.73. The molecule has 40 heavy (non-hydrogen) atoms. The van der Waals surface area contributed by atoms with Crippen molar-refractivity contribution >= 4 is 11.8 Å². The van der Waals surface area contributed by atoms with Crippen molar-refractivity contribution in [1.29, 1.82) is 0 Å². The van der Waals surface area contributed by atoms with Gasteiger partial charge in [-0.3, -0.25) is 9.59 Å². The van der Waals surface area contributed by atoms with Crippen molar-refractivity contribution in [2.24, 2.45) is 0 Å². The highest BCUT2D eigenvalue weighted by Gasteiger charge is 2.32. The highest BCUT2D eigenvalue weighted by molar-refractivity contribution is 5.98. The number of hydrogen-bond donors (Lipinski definition) is 0. The number of nitrogens with zero attached hydrogens (tertiary/aromatic N) is 2. The van der Waals surface area contributed by atoms with E-state index in [-0.39, 0.29) is 24.9 Å². The minimum atomic E-state index is -0.403. The molecule has 0 spiro atoms. The summed E-state index contributed by atoms with van der Waals surface area (Å²) in [7, 11) is 6.11. The summed E-state index contributed by atoms with van der Waals surface area (Å²) in [6, 6.07) is 20.8. The first kappa shape index (κ1) is 28.8. The zero-order valence-electron chi connectivity index (χ0n) is 23.4. The summed E-state index contributed by atoms with van der Waals surface area (Å²) >= 11 is 0. The van der Waals surface area contributed by atoms with Crippen LogP contribution in [0.5, 0.6) is 23.0 Å². The van der Waals surface area contributed by atoms with Gasteiger partial charge >= 0.3 is 0 Å². The summed E-state index contributed by atoms with van der Waals surface area (Å²) in [5.41, 5.74) is 2.40. The van der Waals surface area contributed by atoms with Crippen LogP contribution in [0.1, 0.15) is 21.5 Å². The van der Waals surface area contributed by atoms with E-state index in [1.54, 1.807) is 24.1 Å². The lowest BCUT2D eigenvalue weighted by Crippen LogP contribution is -2.40. The summed E-state index contributed by atoms with van der Waals surface area (Å²) in [6.07, 6.45) is 0.301. The molecule has 0 saturated carbocycles. The Bertz CT molecular complexity index is 1270. The molecule has 9 nitrogen and oxygen atoms in total. The third-order valence-corrected chi connectivity index (χ3v) is 6.86. The Morgan fingerprint density at radius 3 is 2.17 bits per heavy atom. The summed E-state index contributed by atoms with van der Waals surface area (Å²) in [6.45, 7) is 1.38. The van der Waals surface area contributed by atoms with Gasteiger partial charge in [-0.2, -0.15) is 0 Å². The van der Waals surface area contributed by atoms with Crippen molar-refractivity contribution < 1.29 is 33.3 Å². The molecule has 0 bridgehead atoms. The maximum absolute atomic E-state index is 13.8. The molecule has 0 N–H and O–H groups in total. The number of carbonyl (C=O) groups is 2. The molecule has 0 radical (unpaired) electrons. The molecule has 3 aromatic carbocycles. The topological polar surface area (TPSA) is 86.8 Å². The first-order chi connectivity index (χ1) is 19.4. The number of ether oxygens (including phenoxy) is 5. The second-order valence-electron chi connectivity index (χ2n) is 9.46. The summed E-state index contributed by atoms with van der Waals surface area (Å²) in [5.74, 6) is 1.39. The standard InChI is InChI=1S/C31H36N2O7/c1-36-25-12-8-11-23(15-25)21-40-26-18-32(14-13-22-9-6-5-7-10-22)29(34)20-33(19-26)31(35)24-16-27(37-2)30(39-4)28(17-24)38-3/h5-12,15-17,26H,13-14,18-21H2,1-4H3/t26-/m1/s1. The van der Waals surface area contributed by atoms with Gasteiger partial charge in [-0.15, -0.1) is 0 Å². The largest absolute Gasteiger partial charge is 0.497 e. The third kappa shape index (κ3) is 7.04. The molecule has 0 aliphatic carbocycles. The second kappa shape index (κ2) is 13.7. The maximum Gasteiger partial charge on any atom is 0.254 e. The van der Waals surface area contributed by atoms with Crippen molar-refractivity contribution in [2.75, 3.05) is 54.6 Å². The van der Waals surface area contributed by atoms with E-state index < -0.39 is 6.10 Å². The zero-order chi connectivity index (χ0) is 28.5. The van der Waals surface area contributed by atoms with Crippen LogP contribution >= 0.6 is 0 Å². The molecule has 9 heteroatoms. The van der Waals surface area contributed by atoms with E-state index in [9.17, 15) is 9.59 Å². The molecule has 1 atom stereocenters. The fourth-order valence-corrected chi connectivity index (χ4v) is 4.73. The highest BCUT2D eigenvalue weighted by Crippen LogP contribution is 2.38. The molecular formula is C31H36N2O7. The maximum atomic E-state index is 13.8. The van der Waals surface area contributed by atoms with Crippen LogP contribution in [0.25, 0.3) is 0 Å². The van der Waals surface area contributed by atoms with Crippen LogP contribution in [0, 0.1) is 0 Å². The Labute approximate surface area is 235 Å². The lowest BCUT2D eigenvalue weighted by Gasteiger charge is -2.25. The van der Waals surface area contributed by atoms with Gasteiger partial charge in [0.15, 0.2) is 11.5 Å². The van der Waals surface area contributed by atoms with Crippen molar-refractivity contribution in [1.82, 2.24) is 9.80 Å². The number of benzene rings is 3. The Hall–Kier alpha value is -4.24. The van der Waals surface area contributed by atoms with Crippen LogP contribution in [-0.4, -0.2) is 82.3 Å². The molecule has 0 unspecified atom stereocenters. The number of rotatable bonds is 11. The first-order valence-corrected chi connectivity index (χ1v) is 13.1. The van der Waals surface area contributed by atoms with Crippen LogP contribution in [0.15, 0.2) is 66.7 Å². The van der Waals surface area contributed by atoms with Gasteiger partial charge in [0, 0.05) is 25.2 Å². The molecule has 1 heterocycles. The summed E-state index contributed by atoms with van der Waals surface area (Å²) < 4.78 is 27.9. The lowest BCUT2D eigenvalue weighted by molar-refractivity contribution is -0.131. The second-order valence-corrected chi connectivity index (χ2v) is 9.46. The van der Waals surface area contributed by atoms with E-state index in [4.69, 9.17) is 23.7 Å². The molecule has 1 aliphatic heterocycles. The first-order valence-electron chi connectivity index (χ1n) is 13.1. The number of methoxy groups -OCH3 is 4. The average molecular weight is 549 g/mol. The number of amides is 2. The van der Waals surface area contributed by atoms with E-state index in [2.05, 4.69) is 0 Å². The Kier molecular flexibility index (Phi) is 9.86. The summed E-state index contributed by atoms with van der Waals surface area (Å²) in [4.78, 5) is 30.5. The van der Waals surface area contributed by atoms with E-state index in [0.29, 0.717) is 48.9 Å². The molecule has 3 aromatic rings. The van der Waals surface area contributed by atoms with Crippen LogP contribution in [-0.2, 0) is 22.6 Å². The molecule has 4 rings (SSSR count). The van der Waals surface area contributed by atoms with Gasteiger partial charge in [-0.1, -0.05) is 42.5 Å². The smallest absolute Gasteiger partial charge is 0.254 e. The Morgan fingerprint density at radius 2 is 1.52 bits per heavy atom. The molecule has 1 saturated heterocycles. The van der Waals surface area contributed by atoms with Gasteiger partial charge in [-0.05, 0) is 41.8 Å². The predicted octanol–water partition coefficient (Wildman–Crippen LogP) is 3.83. The van der Waals surface area contributed by atoms with E-state index >= 15 is 0 Å². The van der Waals surface area contributed by atoms with Gasteiger partial charge < -0.3 is 33.5 Å². The Balaban J connectivity index is 1.57. The molecule has 1 aliphatic rings. The van der Waals surface area contributed by atoms with Crippen molar-refractivity contribution in [2.45, 2.75) is 19.1 Å². The minimum absolute atomic E-state index is 0.0662. The van der Waals surface area contributed by atoms with Crippen molar-refractivity contribution in [3.05, 3.63) is 83.4 Å². The third-order valence-electron chi connectivity index (χ3n) is 6.86. The van der Waals surface area contributed by atoms with Crippen LogP contribution in [0.2, 0.25) is 0 Å². The normalized spacial score (nSPS) is 15.4. The monoisotopic (exact) mass is 548 g/mol. The summed E-state index contributed by atoms with van der Waals surface area (Å²) in [5, 5.41) is 0. The molecule has 2 amide bonds. The minimum Gasteiger partial charge on any atom is -0.497 e. The molecular weight excluding hydrogens is 512 g/mol. The zero-order valence-corrected chi connectivity index (χ0v) is 23.4. The highest BCUT2D eigenvalue weighted by atomic mass is 16.5. The van der Waals surface area contributed by atoms with E-state index in [0.717, 1.165) is 16.9 Å². The van der Waals surface area contributed by atoms with Crippen molar-refractivity contribution in [3.63, 3.8) is 0 Å². The van der Waals surface area contributed by atoms with E-state index in [1.807, 2.05) is 54.6 Å². The number of hydrogen-bond acceptors (Lipinski definition) is 7. The number of carbonyl (C=O) groups excluding carboxylic acids is 2. The van der Waals surface area contributed by atoms with Gasteiger partial charge in [0.1, 0.15) is 12.3 Å². The van der Waals surface area contributed by atoms with Gasteiger partial charge in [0.05, 0.1) is 41.2 Å². The lowest BCUT2D eigenvalue weighted by atomic mass is 10.1. The SMILES string of the molecule is COc1cccc(CO[C@@H]2CN(CCc3ccccc3)C(=O)CN(C(=O)c3cc(OC)c(OC)c(OC)c3)C2)c1. The fraction of sp³-hybridized carbons (Fsp3) is 0.355. The van der Waals surface area contributed by atoms with Gasteiger partial charge in [0.2, 0.25) is 11.7 Å². The van der Waals surface area contributed by atoms with Gasteiger partial charge in [0.25, 0.3) is 5.91 Å². The molecule has 1 fully saturated rings. The quantitative estimate of drug-likeness (QED) is 0.360. The van der Waals surface area contributed by atoms with Crippen molar-refractivity contribution in [3.8, 4) is 23.0 Å². The molecule has 0 aromatic heterocycles. The van der Waals surface area contributed by atoms with Crippen LogP contribution in [0.4, 0.5) is 0 Å². The van der Waals surface area contributed by atoms with Gasteiger partial charge in [-0.25, -0.2) is 0 Å². The molecule has 212 valence electrons. The predicted molar refractivity (Wildman–Crippen MR) is 150 cm³/mol.